The van der Waals surface area contributed by atoms with Crippen molar-refractivity contribution in [2.45, 2.75) is 31.0 Å². The van der Waals surface area contributed by atoms with E-state index in [-0.39, 0.29) is 17.5 Å². The number of pyridine rings is 1. The fourth-order valence-electron chi connectivity index (χ4n) is 4.63. The number of nitrogens with two attached hydrogens (primary N) is 1. The normalized spacial score (nSPS) is 22.3. The van der Waals surface area contributed by atoms with Crippen LogP contribution in [0.5, 0.6) is 17.2 Å². The lowest BCUT2D eigenvalue weighted by Gasteiger charge is -2.55. The molecule has 0 bridgehead atoms. The molecule has 1 amide bonds. The quantitative estimate of drug-likeness (QED) is 0.722. The van der Waals surface area contributed by atoms with Crippen LogP contribution in [0, 0.1) is 0 Å². The molecule has 154 valence electrons. The third kappa shape index (κ3) is 3.02. The maximum absolute atomic E-state index is 13.4. The van der Waals surface area contributed by atoms with Gasteiger partial charge in [-0.3, -0.25) is 4.79 Å². The molecular weight excluding hydrogens is 380 g/mol. The molecule has 1 aliphatic heterocycles. The first-order chi connectivity index (χ1) is 14.6. The lowest BCUT2D eigenvalue weighted by molar-refractivity contribution is -0.0145. The Bertz CT molecular complexity index is 1070. The molecule has 1 fully saturated rings. The molecule has 2 aliphatic rings. The first-order valence-corrected chi connectivity index (χ1v) is 10.1. The van der Waals surface area contributed by atoms with Crippen molar-refractivity contribution in [3.63, 3.8) is 0 Å². The van der Waals surface area contributed by atoms with Gasteiger partial charge in [-0.05, 0) is 49.2 Å². The minimum absolute atomic E-state index is 0.0673. The SMILES string of the molecule is COc1cccc(Oc2ccc(C(=O)N3CCn4cccc4C34CC(N)C4)nc2)c1. The molecule has 2 aromatic heterocycles. The fourth-order valence-corrected chi connectivity index (χ4v) is 4.63. The molecule has 1 aliphatic carbocycles. The van der Waals surface area contributed by atoms with Crippen molar-refractivity contribution in [2.75, 3.05) is 13.7 Å². The lowest BCUT2D eigenvalue weighted by Crippen LogP contribution is -2.64. The van der Waals surface area contributed by atoms with Gasteiger partial charge < -0.3 is 24.7 Å². The van der Waals surface area contributed by atoms with E-state index in [0.717, 1.165) is 19.4 Å². The first-order valence-electron chi connectivity index (χ1n) is 10.1. The molecule has 1 spiro atoms. The molecule has 2 N–H and O–H groups in total. The van der Waals surface area contributed by atoms with Gasteiger partial charge in [-0.2, -0.15) is 0 Å². The minimum Gasteiger partial charge on any atom is -0.497 e. The Hall–Kier alpha value is -3.32. The Morgan fingerprint density at radius 1 is 1.10 bits per heavy atom. The Morgan fingerprint density at radius 2 is 1.93 bits per heavy atom. The summed E-state index contributed by atoms with van der Waals surface area (Å²) in [6, 6.07) is 15.1. The largest absolute Gasteiger partial charge is 0.497 e. The number of amides is 1. The van der Waals surface area contributed by atoms with Crippen LogP contribution in [0.15, 0.2) is 60.9 Å². The van der Waals surface area contributed by atoms with Crippen molar-refractivity contribution in [3.05, 3.63) is 72.3 Å². The predicted molar refractivity (Wildman–Crippen MR) is 112 cm³/mol. The summed E-state index contributed by atoms with van der Waals surface area (Å²) >= 11 is 0. The summed E-state index contributed by atoms with van der Waals surface area (Å²) < 4.78 is 13.3. The van der Waals surface area contributed by atoms with Crippen molar-refractivity contribution in [1.29, 1.82) is 0 Å². The number of benzene rings is 1. The second-order valence-electron chi connectivity index (χ2n) is 7.90. The molecule has 0 unspecified atom stereocenters. The number of fused-ring (bicyclic) bond motifs is 2. The molecule has 3 aromatic rings. The molecule has 5 rings (SSSR count). The van der Waals surface area contributed by atoms with E-state index >= 15 is 0 Å². The van der Waals surface area contributed by atoms with E-state index in [1.807, 2.05) is 29.2 Å². The standard InChI is InChI=1S/C23H24N4O3/c1-29-17-4-2-5-18(12-17)30-19-7-8-20(25-15-19)22(28)27-11-10-26-9-3-6-21(26)23(27)13-16(24)14-23/h2-9,12,15-16H,10-11,13-14,24H2,1H3. The van der Waals surface area contributed by atoms with Crippen molar-refractivity contribution >= 4 is 5.91 Å². The third-order valence-electron chi connectivity index (χ3n) is 6.06. The molecule has 7 nitrogen and oxygen atoms in total. The van der Waals surface area contributed by atoms with Crippen LogP contribution >= 0.6 is 0 Å². The summed E-state index contributed by atoms with van der Waals surface area (Å²) in [4.78, 5) is 19.7. The van der Waals surface area contributed by atoms with Gasteiger partial charge in [-0.15, -0.1) is 0 Å². The monoisotopic (exact) mass is 404 g/mol. The van der Waals surface area contributed by atoms with Gasteiger partial charge in [0.15, 0.2) is 0 Å². The van der Waals surface area contributed by atoms with Crippen molar-refractivity contribution in [1.82, 2.24) is 14.5 Å². The van der Waals surface area contributed by atoms with Crippen molar-refractivity contribution < 1.29 is 14.3 Å². The first kappa shape index (κ1) is 18.7. The van der Waals surface area contributed by atoms with E-state index in [1.165, 1.54) is 5.69 Å². The van der Waals surface area contributed by atoms with Gasteiger partial charge in [-0.1, -0.05) is 6.07 Å². The highest BCUT2D eigenvalue weighted by atomic mass is 16.5. The second-order valence-corrected chi connectivity index (χ2v) is 7.90. The Balaban J connectivity index is 1.36. The second kappa shape index (κ2) is 7.18. The van der Waals surface area contributed by atoms with Crippen LogP contribution in [-0.4, -0.2) is 40.1 Å². The number of carbonyl (C=O) groups is 1. The van der Waals surface area contributed by atoms with E-state index in [2.05, 4.69) is 21.8 Å². The van der Waals surface area contributed by atoms with Crippen molar-refractivity contribution in [3.8, 4) is 17.2 Å². The highest BCUT2D eigenvalue weighted by molar-refractivity contribution is 5.93. The average Bonchev–Trinajstić information content (AvgIpc) is 3.23. The highest BCUT2D eigenvalue weighted by Gasteiger charge is 2.53. The van der Waals surface area contributed by atoms with Crippen LogP contribution in [0.2, 0.25) is 0 Å². The van der Waals surface area contributed by atoms with Crippen LogP contribution in [0.4, 0.5) is 0 Å². The highest BCUT2D eigenvalue weighted by Crippen LogP contribution is 2.48. The lowest BCUT2D eigenvalue weighted by atomic mass is 9.68. The molecule has 0 saturated heterocycles. The number of hydrogen-bond donors (Lipinski definition) is 1. The van der Waals surface area contributed by atoms with Gasteiger partial charge in [0.2, 0.25) is 0 Å². The molecule has 7 heteroatoms. The number of nitrogens with zero attached hydrogens (tertiary/aromatic N) is 3. The zero-order chi connectivity index (χ0) is 20.7. The van der Waals surface area contributed by atoms with Crippen molar-refractivity contribution in [2.24, 2.45) is 5.73 Å². The minimum atomic E-state index is -0.324. The summed E-state index contributed by atoms with van der Waals surface area (Å²) in [5.74, 6) is 1.86. The average molecular weight is 404 g/mol. The third-order valence-corrected chi connectivity index (χ3v) is 6.06. The molecular formula is C23H24N4O3. The van der Waals surface area contributed by atoms with E-state index in [4.69, 9.17) is 15.2 Å². The number of ether oxygens (including phenoxy) is 2. The smallest absolute Gasteiger partial charge is 0.273 e. The van der Waals surface area contributed by atoms with Gasteiger partial charge in [-0.25, -0.2) is 4.98 Å². The summed E-state index contributed by atoms with van der Waals surface area (Å²) in [5.41, 5.74) is 7.39. The number of hydrogen-bond acceptors (Lipinski definition) is 5. The van der Waals surface area contributed by atoms with Gasteiger partial charge in [0.1, 0.15) is 22.9 Å². The molecule has 3 heterocycles. The van der Waals surface area contributed by atoms with Crippen LogP contribution in [0.1, 0.15) is 29.0 Å². The predicted octanol–water partition coefficient (Wildman–Crippen LogP) is 3.16. The Kier molecular flexibility index (Phi) is 4.47. The van der Waals surface area contributed by atoms with Crippen LogP contribution in [0.3, 0.4) is 0 Å². The van der Waals surface area contributed by atoms with Crippen LogP contribution in [-0.2, 0) is 12.1 Å². The van der Waals surface area contributed by atoms with Crippen LogP contribution in [0.25, 0.3) is 0 Å². The molecule has 0 radical (unpaired) electrons. The molecule has 0 atom stereocenters. The summed E-state index contributed by atoms with van der Waals surface area (Å²) in [6.45, 7) is 1.43. The summed E-state index contributed by atoms with van der Waals surface area (Å²) in [5, 5.41) is 0. The number of carbonyl (C=O) groups excluding carboxylic acids is 1. The van der Waals surface area contributed by atoms with Gasteiger partial charge in [0, 0.05) is 37.1 Å². The molecule has 30 heavy (non-hydrogen) atoms. The number of aromatic nitrogens is 2. The zero-order valence-electron chi connectivity index (χ0n) is 16.8. The maximum atomic E-state index is 13.4. The van der Waals surface area contributed by atoms with Gasteiger partial charge in [0.25, 0.3) is 5.91 Å². The molecule has 1 saturated carbocycles. The van der Waals surface area contributed by atoms with E-state index < -0.39 is 0 Å². The zero-order valence-corrected chi connectivity index (χ0v) is 16.8. The van der Waals surface area contributed by atoms with Crippen LogP contribution < -0.4 is 15.2 Å². The maximum Gasteiger partial charge on any atom is 0.273 e. The van der Waals surface area contributed by atoms with E-state index in [0.29, 0.717) is 29.5 Å². The number of rotatable bonds is 4. The van der Waals surface area contributed by atoms with Gasteiger partial charge >= 0.3 is 0 Å². The number of methoxy groups -OCH3 is 1. The fraction of sp³-hybridized carbons (Fsp3) is 0.304. The summed E-state index contributed by atoms with van der Waals surface area (Å²) in [6.07, 6.45) is 5.21. The molecule has 1 aromatic carbocycles. The Labute approximate surface area is 175 Å². The van der Waals surface area contributed by atoms with E-state index in [9.17, 15) is 4.79 Å². The van der Waals surface area contributed by atoms with E-state index in [1.54, 1.807) is 31.5 Å². The summed E-state index contributed by atoms with van der Waals surface area (Å²) in [7, 11) is 1.61. The van der Waals surface area contributed by atoms with Gasteiger partial charge in [0.05, 0.1) is 18.8 Å². The Morgan fingerprint density at radius 3 is 2.67 bits per heavy atom. The topological polar surface area (TPSA) is 82.6 Å².